The van der Waals surface area contributed by atoms with E-state index < -0.39 is 0 Å². The number of nitrogens with one attached hydrogen (secondary N) is 1. The lowest BCUT2D eigenvalue weighted by molar-refractivity contribution is 0.146. The van der Waals surface area contributed by atoms with E-state index in [0.717, 1.165) is 31.9 Å². The minimum absolute atomic E-state index is 0.566. The molecule has 24 heavy (non-hydrogen) atoms. The van der Waals surface area contributed by atoms with Gasteiger partial charge in [0.15, 0.2) is 0 Å². The predicted octanol–water partition coefficient (Wildman–Crippen LogP) is 3.77. The number of hydrogen-bond acceptors (Lipinski definition) is 4. The molecule has 0 saturated carbocycles. The zero-order chi connectivity index (χ0) is 17.2. The third kappa shape index (κ3) is 5.86. The number of hydrogen-bond donors (Lipinski definition) is 1. The first-order valence-electron chi connectivity index (χ1n) is 7.91. The van der Waals surface area contributed by atoms with Crippen molar-refractivity contribution in [2.75, 3.05) is 38.7 Å². The molecule has 0 aliphatic carbocycles. The van der Waals surface area contributed by atoms with Gasteiger partial charge in [0.1, 0.15) is 0 Å². The first-order chi connectivity index (χ1) is 11.7. The lowest BCUT2D eigenvalue weighted by Gasteiger charge is -2.22. The third-order valence-corrected chi connectivity index (χ3v) is 4.02. The van der Waals surface area contributed by atoms with Crippen molar-refractivity contribution in [3.8, 4) is 6.07 Å². The van der Waals surface area contributed by atoms with Crippen LogP contribution in [0.4, 0.5) is 5.69 Å². The van der Waals surface area contributed by atoms with Crippen LogP contribution >= 0.6 is 11.6 Å². The Labute approximate surface area is 148 Å². The molecule has 4 nitrogen and oxygen atoms in total. The van der Waals surface area contributed by atoms with Crippen LogP contribution in [0.3, 0.4) is 0 Å². The monoisotopic (exact) mass is 343 g/mol. The SMILES string of the molecule is COCCN(CCNc1ccc(C#N)cc1Cl)Cc1ccccc1. The number of nitriles is 1. The Kier molecular flexibility index (Phi) is 7.57. The van der Waals surface area contributed by atoms with Gasteiger partial charge in [-0.05, 0) is 23.8 Å². The fourth-order valence-electron chi connectivity index (χ4n) is 2.41. The van der Waals surface area contributed by atoms with Gasteiger partial charge in [-0.2, -0.15) is 5.26 Å². The van der Waals surface area contributed by atoms with Gasteiger partial charge in [-0.25, -0.2) is 0 Å². The van der Waals surface area contributed by atoms with Crippen molar-refractivity contribution in [2.24, 2.45) is 0 Å². The van der Waals surface area contributed by atoms with E-state index in [1.54, 1.807) is 19.2 Å². The molecular weight excluding hydrogens is 322 g/mol. The Bertz CT molecular complexity index is 670. The Balaban J connectivity index is 1.89. The van der Waals surface area contributed by atoms with Crippen molar-refractivity contribution in [1.82, 2.24) is 4.90 Å². The summed E-state index contributed by atoms with van der Waals surface area (Å²) in [5, 5.41) is 12.8. The zero-order valence-electron chi connectivity index (χ0n) is 13.8. The van der Waals surface area contributed by atoms with Crippen LogP contribution < -0.4 is 5.32 Å². The lowest BCUT2D eigenvalue weighted by atomic mass is 10.2. The minimum Gasteiger partial charge on any atom is -0.383 e. The smallest absolute Gasteiger partial charge is 0.0992 e. The van der Waals surface area contributed by atoms with Crippen molar-refractivity contribution in [1.29, 1.82) is 5.26 Å². The van der Waals surface area contributed by atoms with Gasteiger partial charge in [0.2, 0.25) is 0 Å². The largest absolute Gasteiger partial charge is 0.383 e. The number of benzene rings is 2. The molecule has 2 rings (SSSR count). The van der Waals surface area contributed by atoms with Crippen LogP contribution in [0.15, 0.2) is 48.5 Å². The molecule has 0 saturated heterocycles. The number of methoxy groups -OCH3 is 1. The standard InChI is InChI=1S/C19H22ClN3O/c1-24-12-11-23(15-16-5-3-2-4-6-16)10-9-22-19-8-7-17(14-21)13-18(19)20/h2-8,13,22H,9-12,15H2,1H3. The summed E-state index contributed by atoms with van der Waals surface area (Å²) < 4.78 is 5.21. The second-order valence-corrected chi connectivity index (χ2v) is 5.89. The highest BCUT2D eigenvalue weighted by Crippen LogP contribution is 2.22. The number of ether oxygens (including phenoxy) is 1. The van der Waals surface area contributed by atoms with Crippen LogP contribution in [0.5, 0.6) is 0 Å². The normalized spacial score (nSPS) is 10.6. The van der Waals surface area contributed by atoms with Crippen LogP contribution in [0.1, 0.15) is 11.1 Å². The van der Waals surface area contributed by atoms with Crippen molar-refractivity contribution < 1.29 is 4.74 Å². The van der Waals surface area contributed by atoms with Crippen molar-refractivity contribution in [3.05, 3.63) is 64.7 Å². The highest BCUT2D eigenvalue weighted by Gasteiger charge is 2.07. The molecule has 2 aromatic carbocycles. The molecule has 0 aromatic heterocycles. The van der Waals surface area contributed by atoms with Gasteiger partial charge < -0.3 is 10.1 Å². The number of rotatable bonds is 9. The van der Waals surface area contributed by atoms with Gasteiger partial charge in [0.25, 0.3) is 0 Å². The van der Waals surface area contributed by atoms with Gasteiger partial charge in [-0.1, -0.05) is 41.9 Å². The fourth-order valence-corrected chi connectivity index (χ4v) is 2.66. The quantitative estimate of drug-likeness (QED) is 0.753. The van der Waals surface area contributed by atoms with E-state index in [1.165, 1.54) is 5.56 Å². The molecule has 0 bridgehead atoms. The van der Waals surface area contributed by atoms with Gasteiger partial charge in [0, 0.05) is 33.3 Å². The molecule has 0 aliphatic heterocycles. The summed E-state index contributed by atoms with van der Waals surface area (Å²) in [5.74, 6) is 0. The molecule has 0 atom stereocenters. The molecule has 2 aromatic rings. The molecule has 0 heterocycles. The predicted molar refractivity (Wildman–Crippen MR) is 98.3 cm³/mol. The summed E-state index contributed by atoms with van der Waals surface area (Å²) in [4.78, 5) is 2.34. The molecule has 126 valence electrons. The van der Waals surface area contributed by atoms with Crippen LogP contribution in [0.2, 0.25) is 5.02 Å². The molecule has 0 radical (unpaired) electrons. The average Bonchev–Trinajstić information content (AvgIpc) is 2.61. The van der Waals surface area contributed by atoms with E-state index in [4.69, 9.17) is 21.6 Å². The van der Waals surface area contributed by atoms with Gasteiger partial charge in [-0.3, -0.25) is 4.90 Å². The van der Waals surface area contributed by atoms with Crippen LogP contribution in [-0.2, 0) is 11.3 Å². The summed E-state index contributed by atoms with van der Waals surface area (Å²) in [6.45, 7) is 4.09. The summed E-state index contributed by atoms with van der Waals surface area (Å²) >= 11 is 6.19. The highest BCUT2D eigenvalue weighted by molar-refractivity contribution is 6.33. The first-order valence-corrected chi connectivity index (χ1v) is 8.29. The van der Waals surface area contributed by atoms with E-state index in [-0.39, 0.29) is 0 Å². The number of nitrogens with zero attached hydrogens (tertiary/aromatic N) is 2. The topological polar surface area (TPSA) is 48.3 Å². The molecule has 1 N–H and O–H groups in total. The van der Waals surface area contributed by atoms with Crippen molar-refractivity contribution in [2.45, 2.75) is 6.54 Å². The molecule has 0 aliphatic rings. The zero-order valence-corrected chi connectivity index (χ0v) is 14.6. The Morgan fingerprint density at radius 2 is 1.96 bits per heavy atom. The average molecular weight is 344 g/mol. The minimum atomic E-state index is 0.566. The summed E-state index contributed by atoms with van der Waals surface area (Å²) in [6.07, 6.45) is 0. The van der Waals surface area contributed by atoms with Crippen LogP contribution in [-0.4, -0.2) is 38.3 Å². The van der Waals surface area contributed by atoms with E-state index in [2.05, 4.69) is 40.6 Å². The number of halogens is 1. The molecule has 0 amide bonds. The summed E-state index contributed by atoms with van der Waals surface area (Å²) in [7, 11) is 1.72. The lowest BCUT2D eigenvalue weighted by Crippen LogP contribution is -2.31. The molecular formula is C19H22ClN3O. The molecule has 0 unspecified atom stereocenters. The van der Waals surface area contributed by atoms with E-state index in [1.807, 2.05) is 12.1 Å². The van der Waals surface area contributed by atoms with E-state index in [9.17, 15) is 0 Å². The fraction of sp³-hybridized carbons (Fsp3) is 0.316. The maximum atomic E-state index is 8.88. The second kappa shape index (κ2) is 9.94. The Hall–Kier alpha value is -2.06. The number of anilines is 1. The van der Waals surface area contributed by atoms with Gasteiger partial charge in [0.05, 0.1) is 28.9 Å². The summed E-state index contributed by atoms with van der Waals surface area (Å²) in [6, 6.07) is 17.8. The summed E-state index contributed by atoms with van der Waals surface area (Å²) in [5.41, 5.74) is 2.70. The van der Waals surface area contributed by atoms with Crippen molar-refractivity contribution >= 4 is 17.3 Å². The van der Waals surface area contributed by atoms with Gasteiger partial charge in [-0.15, -0.1) is 0 Å². The van der Waals surface area contributed by atoms with E-state index in [0.29, 0.717) is 17.2 Å². The van der Waals surface area contributed by atoms with Crippen LogP contribution in [0, 0.1) is 11.3 Å². The van der Waals surface area contributed by atoms with Crippen LogP contribution in [0.25, 0.3) is 0 Å². The highest BCUT2D eigenvalue weighted by atomic mass is 35.5. The molecule has 0 spiro atoms. The maximum absolute atomic E-state index is 8.88. The Morgan fingerprint density at radius 1 is 1.17 bits per heavy atom. The second-order valence-electron chi connectivity index (χ2n) is 5.49. The third-order valence-electron chi connectivity index (χ3n) is 3.70. The van der Waals surface area contributed by atoms with Gasteiger partial charge >= 0.3 is 0 Å². The maximum Gasteiger partial charge on any atom is 0.0992 e. The molecule has 0 fully saturated rings. The van der Waals surface area contributed by atoms with Crippen molar-refractivity contribution in [3.63, 3.8) is 0 Å². The molecule has 5 heteroatoms. The van der Waals surface area contributed by atoms with E-state index >= 15 is 0 Å². The Morgan fingerprint density at radius 3 is 2.62 bits per heavy atom. The first kappa shape index (κ1) is 18.3.